The summed E-state index contributed by atoms with van der Waals surface area (Å²) < 4.78 is 0. The third-order valence-corrected chi connectivity index (χ3v) is 3.61. The van der Waals surface area contributed by atoms with Gasteiger partial charge in [0, 0.05) is 5.38 Å². The lowest BCUT2D eigenvalue weighted by Gasteiger charge is -2.41. The molecule has 1 aromatic rings. The van der Waals surface area contributed by atoms with E-state index < -0.39 is 11.5 Å². The van der Waals surface area contributed by atoms with E-state index in [0.717, 1.165) is 6.42 Å². The molecule has 0 spiro atoms. The number of hydrogen-bond acceptors (Lipinski definition) is 5. The summed E-state index contributed by atoms with van der Waals surface area (Å²) >= 11 is 1.19. The quantitative estimate of drug-likeness (QED) is 0.739. The zero-order chi connectivity index (χ0) is 12.5. The fourth-order valence-electron chi connectivity index (χ4n) is 1.94. The number of thiazole rings is 1. The van der Waals surface area contributed by atoms with Crippen molar-refractivity contribution in [1.29, 1.82) is 0 Å². The van der Waals surface area contributed by atoms with Crippen molar-refractivity contribution < 1.29 is 14.7 Å². The van der Waals surface area contributed by atoms with E-state index in [9.17, 15) is 9.59 Å². The van der Waals surface area contributed by atoms with Crippen LogP contribution in [0.2, 0.25) is 0 Å². The van der Waals surface area contributed by atoms with Gasteiger partial charge in [-0.1, -0.05) is 0 Å². The maximum atomic E-state index is 11.8. The Morgan fingerprint density at radius 3 is 2.71 bits per heavy atom. The number of aromatic nitrogens is 1. The Balaban J connectivity index is 2.04. The van der Waals surface area contributed by atoms with Gasteiger partial charge in [-0.3, -0.25) is 9.59 Å². The van der Waals surface area contributed by atoms with Gasteiger partial charge in [0.2, 0.25) is 0 Å². The molecule has 0 radical (unpaired) electrons. The van der Waals surface area contributed by atoms with Crippen LogP contribution >= 0.6 is 11.3 Å². The van der Waals surface area contributed by atoms with E-state index in [-0.39, 0.29) is 18.0 Å². The van der Waals surface area contributed by atoms with Crippen LogP contribution in [0.3, 0.4) is 0 Å². The largest absolute Gasteiger partial charge is 0.481 e. The van der Waals surface area contributed by atoms with Gasteiger partial charge in [-0.25, -0.2) is 4.98 Å². The van der Waals surface area contributed by atoms with Crippen molar-refractivity contribution in [3.05, 3.63) is 11.1 Å². The molecule has 2 rings (SSSR count). The Morgan fingerprint density at radius 2 is 2.29 bits per heavy atom. The Hall–Kier alpha value is -1.63. The molecule has 0 aliphatic heterocycles. The summed E-state index contributed by atoms with van der Waals surface area (Å²) in [5.41, 5.74) is 5.10. The van der Waals surface area contributed by atoms with E-state index >= 15 is 0 Å². The zero-order valence-electron chi connectivity index (χ0n) is 9.10. The van der Waals surface area contributed by atoms with Crippen LogP contribution in [0.15, 0.2) is 5.38 Å². The summed E-state index contributed by atoms with van der Waals surface area (Å²) in [7, 11) is 0. The molecule has 1 fully saturated rings. The molecule has 1 aliphatic carbocycles. The van der Waals surface area contributed by atoms with E-state index in [4.69, 9.17) is 10.8 Å². The fraction of sp³-hybridized carbons (Fsp3) is 0.500. The lowest BCUT2D eigenvalue weighted by molar-refractivity contribution is -0.139. The minimum Gasteiger partial charge on any atom is -0.481 e. The summed E-state index contributed by atoms with van der Waals surface area (Å²) in [5.74, 6) is -1.25. The van der Waals surface area contributed by atoms with E-state index in [0.29, 0.717) is 18.0 Å². The molecule has 0 bridgehead atoms. The second kappa shape index (κ2) is 4.33. The average molecular weight is 255 g/mol. The van der Waals surface area contributed by atoms with Crippen molar-refractivity contribution in [2.45, 2.75) is 31.2 Å². The normalized spacial score (nSPS) is 17.2. The van der Waals surface area contributed by atoms with Gasteiger partial charge in [0.15, 0.2) is 5.13 Å². The maximum absolute atomic E-state index is 11.8. The highest BCUT2D eigenvalue weighted by molar-refractivity contribution is 7.13. The number of carbonyl (C=O) groups excluding carboxylic acids is 1. The molecule has 92 valence electrons. The van der Waals surface area contributed by atoms with Crippen molar-refractivity contribution in [1.82, 2.24) is 10.3 Å². The summed E-state index contributed by atoms with van der Waals surface area (Å²) in [5, 5.41) is 13.5. The second-order valence-corrected chi connectivity index (χ2v) is 5.12. The first-order valence-electron chi connectivity index (χ1n) is 5.26. The van der Waals surface area contributed by atoms with Gasteiger partial charge in [-0.15, -0.1) is 11.3 Å². The second-order valence-electron chi connectivity index (χ2n) is 4.23. The van der Waals surface area contributed by atoms with Crippen molar-refractivity contribution in [3.8, 4) is 0 Å². The van der Waals surface area contributed by atoms with Crippen LogP contribution in [-0.2, 0) is 4.79 Å². The molecule has 6 nitrogen and oxygen atoms in total. The van der Waals surface area contributed by atoms with Crippen molar-refractivity contribution >= 4 is 28.3 Å². The molecule has 1 saturated carbocycles. The first-order chi connectivity index (χ1) is 8.01. The van der Waals surface area contributed by atoms with E-state index in [1.807, 2.05) is 0 Å². The summed E-state index contributed by atoms with van der Waals surface area (Å²) in [4.78, 5) is 26.4. The number of rotatable bonds is 4. The van der Waals surface area contributed by atoms with Crippen molar-refractivity contribution in [2.24, 2.45) is 0 Å². The van der Waals surface area contributed by atoms with Crippen LogP contribution in [-0.4, -0.2) is 27.5 Å². The molecular formula is C10H13N3O3S. The van der Waals surface area contributed by atoms with Gasteiger partial charge in [0.05, 0.1) is 12.0 Å². The van der Waals surface area contributed by atoms with Gasteiger partial charge in [0.25, 0.3) is 5.91 Å². The minimum atomic E-state index is -0.900. The summed E-state index contributed by atoms with van der Waals surface area (Å²) in [6.07, 6.45) is 2.29. The molecule has 1 heterocycles. The van der Waals surface area contributed by atoms with Gasteiger partial charge < -0.3 is 16.2 Å². The number of carbonyl (C=O) groups is 2. The molecule has 1 aromatic heterocycles. The minimum absolute atomic E-state index is 0.0433. The molecule has 0 unspecified atom stereocenters. The van der Waals surface area contributed by atoms with Crippen LogP contribution in [0.1, 0.15) is 36.2 Å². The van der Waals surface area contributed by atoms with Gasteiger partial charge in [-0.05, 0) is 19.3 Å². The molecule has 4 N–H and O–H groups in total. The molecule has 7 heteroatoms. The van der Waals surface area contributed by atoms with Crippen LogP contribution in [0.25, 0.3) is 0 Å². The first kappa shape index (κ1) is 11.8. The maximum Gasteiger partial charge on any atom is 0.305 e. The topological polar surface area (TPSA) is 105 Å². The number of aliphatic carboxylic acids is 1. The smallest absolute Gasteiger partial charge is 0.305 e. The highest BCUT2D eigenvalue weighted by Gasteiger charge is 2.40. The number of carboxylic acids is 1. The third kappa shape index (κ3) is 2.55. The number of amides is 1. The first-order valence-corrected chi connectivity index (χ1v) is 6.14. The van der Waals surface area contributed by atoms with E-state index in [2.05, 4.69) is 10.3 Å². The Morgan fingerprint density at radius 1 is 1.59 bits per heavy atom. The summed E-state index contributed by atoms with van der Waals surface area (Å²) in [6, 6.07) is 0. The number of nitrogen functional groups attached to an aromatic ring is 1. The monoisotopic (exact) mass is 255 g/mol. The molecule has 0 saturated heterocycles. The highest BCUT2D eigenvalue weighted by atomic mass is 32.1. The van der Waals surface area contributed by atoms with Crippen molar-refractivity contribution in [3.63, 3.8) is 0 Å². The van der Waals surface area contributed by atoms with E-state index in [1.165, 1.54) is 11.3 Å². The average Bonchev–Trinajstić information content (AvgIpc) is 2.60. The SMILES string of the molecule is Nc1nc(C(=O)NC2(CC(=O)O)CCC2)cs1. The fourth-order valence-corrected chi connectivity index (χ4v) is 2.48. The van der Waals surface area contributed by atoms with Gasteiger partial charge in [-0.2, -0.15) is 0 Å². The van der Waals surface area contributed by atoms with Crippen LogP contribution in [0.5, 0.6) is 0 Å². The number of nitrogens with one attached hydrogen (secondary N) is 1. The third-order valence-electron chi connectivity index (χ3n) is 2.93. The number of carboxylic acid groups (broad SMARTS) is 1. The molecule has 0 aromatic carbocycles. The van der Waals surface area contributed by atoms with Crippen molar-refractivity contribution in [2.75, 3.05) is 5.73 Å². The van der Waals surface area contributed by atoms with Gasteiger partial charge >= 0.3 is 5.97 Å². The number of nitrogens with two attached hydrogens (primary N) is 1. The molecule has 17 heavy (non-hydrogen) atoms. The zero-order valence-corrected chi connectivity index (χ0v) is 9.92. The van der Waals surface area contributed by atoms with Crippen LogP contribution in [0.4, 0.5) is 5.13 Å². The number of hydrogen-bond donors (Lipinski definition) is 3. The lowest BCUT2D eigenvalue weighted by atomic mass is 9.74. The molecule has 1 aliphatic rings. The Kier molecular flexibility index (Phi) is 3.01. The number of anilines is 1. The lowest BCUT2D eigenvalue weighted by Crippen LogP contribution is -2.54. The highest BCUT2D eigenvalue weighted by Crippen LogP contribution is 2.35. The standard InChI is InChI=1S/C10H13N3O3S/c11-9-12-6(5-17-9)8(16)13-10(2-1-3-10)4-7(14)15/h5H,1-4H2,(H2,11,12)(H,13,16)(H,14,15). The van der Waals surface area contributed by atoms with Crippen LogP contribution in [0, 0.1) is 0 Å². The molecular weight excluding hydrogens is 242 g/mol. The predicted octanol–water partition coefficient (Wildman–Crippen LogP) is 0.852. The van der Waals surface area contributed by atoms with E-state index in [1.54, 1.807) is 5.38 Å². The predicted molar refractivity (Wildman–Crippen MR) is 62.8 cm³/mol. The number of nitrogens with zero attached hydrogens (tertiary/aromatic N) is 1. The molecule has 1 amide bonds. The molecule has 0 atom stereocenters. The Bertz CT molecular complexity index is 453. The van der Waals surface area contributed by atoms with Gasteiger partial charge in [0.1, 0.15) is 5.69 Å². The van der Waals surface area contributed by atoms with Crippen LogP contribution < -0.4 is 11.1 Å². The Labute approximate surface area is 102 Å². The summed E-state index contributed by atoms with van der Waals surface area (Å²) in [6.45, 7) is 0.